The molecule has 2 N–H and O–H groups in total. The highest BCUT2D eigenvalue weighted by atomic mass is 35.5. The standard InChI is InChI=1S/C34H28ClN3O3S/c1-23-16-18-26(19-17-23)37-32(40)22-42-34(38-33(41)25-12-6-3-7-13-25)29(21-36)28(27-14-8-9-15-30(27)35)20-31(39)24-10-4-2-5-11-24/h2-19,28H,20,22H2,1H3,(H,37,40)(H,38,41). The van der Waals surface area contributed by atoms with Crippen molar-refractivity contribution in [2.24, 2.45) is 0 Å². The number of nitrogens with one attached hydrogen (secondary N) is 2. The summed E-state index contributed by atoms with van der Waals surface area (Å²) in [6.45, 7) is 1.95. The smallest absolute Gasteiger partial charge is 0.256 e. The fourth-order valence-corrected chi connectivity index (χ4v) is 5.38. The molecule has 0 heterocycles. The zero-order chi connectivity index (χ0) is 29.9. The first kappa shape index (κ1) is 30.3. The number of anilines is 1. The van der Waals surface area contributed by atoms with Crippen molar-refractivity contribution < 1.29 is 14.4 Å². The number of allylic oxidation sites excluding steroid dienone is 1. The molecule has 4 rings (SSSR count). The molecule has 0 saturated heterocycles. The number of ketones is 1. The highest BCUT2D eigenvalue weighted by Gasteiger charge is 2.28. The summed E-state index contributed by atoms with van der Waals surface area (Å²) in [4.78, 5) is 39.5. The lowest BCUT2D eigenvalue weighted by molar-refractivity contribution is -0.113. The van der Waals surface area contributed by atoms with E-state index in [1.807, 2.05) is 25.1 Å². The molecule has 1 atom stereocenters. The van der Waals surface area contributed by atoms with Gasteiger partial charge in [0, 0.05) is 34.2 Å². The van der Waals surface area contributed by atoms with Gasteiger partial charge in [-0.25, -0.2) is 0 Å². The minimum Gasteiger partial charge on any atom is -0.325 e. The minimum atomic E-state index is -0.782. The quantitative estimate of drug-likeness (QED) is 0.138. The molecule has 0 aliphatic rings. The van der Waals surface area contributed by atoms with Gasteiger partial charge in [0.1, 0.15) is 0 Å². The summed E-state index contributed by atoms with van der Waals surface area (Å²) in [5.41, 5.74) is 3.26. The van der Waals surface area contributed by atoms with Crippen LogP contribution in [-0.4, -0.2) is 23.4 Å². The molecule has 0 aliphatic heterocycles. The van der Waals surface area contributed by atoms with Crippen molar-refractivity contribution >= 4 is 46.6 Å². The monoisotopic (exact) mass is 593 g/mol. The van der Waals surface area contributed by atoms with Crippen molar-refractivity contribution in [3.05, 3.63) is 147 Å². The van der Waals surface area contributed by atoms with Crippen LogP contribution >= 0.6 is 23.4 Å². The molecule has 0 spiro atoms. The number of hydrogen-bond acceptors (Lipinski definition) is 5. The molecule has 0 radical (unpaired) electrons. The van der Waals surface area contributed by atoms with Gasteiger partial charge in [0.2, 0.25) is 5.91 Å². The Kier molecular flexibility index (Phi) is 10.7. The number of nitrogens with zero attached hydrogens (tertiary/aromatic N) is 1. The van der Waals surface area contributed by atoms with E-state index in [9.17, 15) is 19.6 Å². The summed E-state index contributed by atoms with van der Waals surface area (Å²) in [6.07, 6.45) is -0.0720. The van der Waals surface area contributed by atoms with Crippen molar-refractivity contribution in [2.75, 3.05) is 11.1 Å². The maximum absolute atomic E-state index is 13.4. The molecule has 8 heteroatoms. The van der Waals surface area contributed by atoms with Gasteiger partial charge in [0.15, 0.2) is 5.78 Å². The summed E-state index contributed by atoms with van der Waals surface area (Å²) in [7, 11) is 0. The maximum atomic E-state index is 13.4. The van der Waals surface area contributed by atoms with Gasteiger partial charge in [-0.05, 0) is 42.8 Å². The van der Waals surface area contributed by atoms with Gasteiger partial charge in [-0.2, -0.15) is 5.26 Å². The van der Waals surface area contributed by atoms with E-state index in [1.165, 1.54) is 0 Å². The summed E-state index contributed by atoms with van der Waals surface area (Å²) in [6, 6.07) is 33.9. The third kappa shape index (κ3) is 8.20. The molecule has 4 aromatic carbocycles. The van der Waals surface area contributed by atoms with Gasteiger partial charge in [-0.15, -0.1) is 0 Å². The normalized spacial score (nSPS) is 11.9. The minimum absolute atomic E-state index is 0.0720. The van der Waals surface area contributed by atoms with Crippen molar-refractivity contribution in [1.82, 2.24) is 5.32 Å². The lowest BCUT2D eigenvalue weighted by Crippen LogP contribution is -2.25. The second-order valence-electron chi connectivity index (χ2n) is 9.45. The van der Waals surface area contributed by atoms with Gasteiger partial charge < -0.3 is 10.6 Å². The summed E-state index contributed by atoms with van der Waals surface area (Å²) in [5.74, 6) is -1.83. The number of benzene rings is 4. The van der Waals surface area contributed by atoms with Crippen LogP contribution in [0, 0.1) is 18.3 Å². The number of thioether (sulfide) groups is 1. The first-order valence-electron chi connectivity index (χ1n) is 13.2. The van der Waals surface area contributed by atoms with E-state index in [4.69, 9.17) is 11.6 Å². The molecule has 210 valence electrons. The Balaban J connectivity index is 1.72. The van der Waals surface area contributed by atoms with E-state index in [0.29, 0.717) is 27.4 Å². The fraction of sp³-hybridized carbons (Fsp3) is 0.118. The molecule has 2 amide bonds. The van der Waals surface area contributed by atoms with Crippen LogP contribution in [0.4, 0.5) is 5.69 Å². The Bertz CT molecular complexity index is 1630. The lowest BCUT2D eigenvalue weighted by atomic mass is 9.86. The molecule has 1 unspecified atom stereocenters. The summed E-state index contributed by atoms with van der Waals surface area (Å²) < 4.78 is 0. The second-order valence-corrected chi connectivity index (χ2v) is 10.8. The van der Waals surface area contributed by atoms with Gasteiger partial charge in [-0.3, -0.25) is 14.4 Å². The summed E-state index contributed by atoms with van der Waals surface area (Å²) >= 11 is 7.60. The maximum Gasteiger partial charge on any atom is 0.256 e. The molecule has 4 aromatic rings. The first-order chi connectivity index (χ1) is 20.4. The number of nitriles is 1. The van der Waals surface area contributed by atoms with Crippen LogP contribution in [0.25, 0.3) is 0 Å². The van der Waals surface area contributed by atoms with Crippen molar-refractivity contribution in [3.63, 3.8) is 0 Å². The number of rotatable bonds is 11. The van der Waals surface area contributed by atoms with Crippen molar-refractivity contribution in [2.45, 2.75) is 19.3 Å². The van der Waals surface area contributed by atoms with E-state index < -0.39 is 11.8 Å². The number of hydrogen-bond donors (Lipinski definition) is 2. The molecule has 0 aromatic heterocycles. The predicted octanol–water partition coefficient (Wildman–Crippen LogP) is 7.54. The largest absolute Gasteiger partial charge is 0.325 e. The van der Waals surface area contributed by atoms with E-state index in [1.54, 1.807) is 91.0 Å². The van der Waals surface area contributed by atoms with Crippen LogP contribution in [0.1, 0.15) is 44.2 Å². The highest BCUT2D eigenvalue weighted by Crippen LogP contribution is 2.37. The first-order valence-corrected chi connectivity index (χ1v) is 14.5. The number of amides is 2. The number of Topliss-reactive ketones (excluding diaryl/α,β-unsaturated/α-hetero) is 1. The van der Waals surface area contributed by atoms with Crippen LogP contribution in [0.2, 0.25) is 5.02 Å². The van der Waals surface area contributed by atoms with Crippen LogP contribution in [-0.2, 0) is 4.79 Å². The molecule has 0 aliphatic carbocycles. The van der Waals surface area contributed by atoms with Gasteiger partial charge in [-0.1, -0.05) is 108 Å². The zero-order valence-corrected chi connectivity index (χ0v) is 24.4. The highest BCUT2D eigenvalue weighted by molar-refractivity contribution is 8.03. The van der Waals surface area contributed by atoms with Crippen LogP contribution in [0.5, 0.6) is 0 Å². The van der Waals surface area contributed by atoms with Crippen LogP contribution in [0.3, 0.4) is 0 Å². The molecule has 6 nitrogen and oxygen atoms in total. The second kappa shape index (κ2) is 14.8. The topological polar surface area (TPSA) is 99.1 Å². The molecular formula is C34H28ClN3O3S. The molecule has 0 fully saturated rings. The average molecular weight is 594 g/mol. The number of carbonyl (C=O) groups excluding carboxylic acids is 3. The average Bonchev–Trinajstić information content (AvgIpc) is 3.01. The predicted molar refractivity (Wildman–Crippen MR) is 168 cm³/mol. The summed E-state index contributed by atoms with van der Waals surface area (Å²) in [5, 5.41) is 16.7. The number of halogens is 1. The van der Waals surface area contributed by atoms with Crippen LogP contribution < -0.4 is 10.6 Å². The van der Waals surface area contributed by atoms with Gasteiger partial charge in [0.05, 0.1) is 22.4 Å². The van der Waals surface area contributed by atoms with E-state index >= 15 is 0 Å². The van der Waals surface area contributed by atoms with E-state index in [2.05, 4.69) is 16.7 Å². The molecule has 0 saturated carbocycles. The Morgan fingerprint density at radius 1 is 0.833 bits per heavy atom. The Morgan fingerprint density at radius 3 is 2.05 bits per heavy atom. The van der Waals surface area contributed by atoms with E-state index in [-0.39, 0.29) is 34.5 Å². The molecule has 42 heavy (non-hydrogen) atoms. The van der Waals surface area contributed by atoms with Crippen molar-refractivity contribution in [1.29, 1.82) is 5.26 Å². The molecule has 0 bridgehead atoms. The third-order valence-electron chi connectivity index (χ3n) is 6.43. The fourth-order valence-electron chi connectivity index (χ4n) is 4.26. The Labute approximate surface area is 254 Å². The number of carbonyl (C=O) groups is 3. The zero-order valence-electron chi connectivity index (χ0n) is 22.8. The number of aryl methyl sites for hydroxylation is 1. The Hall–Kier alpha value is -4.64. The van der Waals surface area contributed by atoms with Crippen molar-refractivity contribution in [3.8, 4) is 6.07 Å². The SMILES string of the molecule is Cc1ccc(NC(=O)CSC(NC(=O)c2ccccc2)=C(C#N)C(CC(=O)c2ccccc2)c2ccccc2Cl)cc1. The van der Waals surface area contributed by atoms with Gasteiger partial charge in [0.25, 0.3) is 5.91 Å². The lowest BCUT2D eigenvalue weighted by Gasteiger charge is -2.21. The van der Waals surface area contributed by atoms with Gasteiger partial charge >= 0.3 is 0 Å². The third-order valence-corrected chi connectivity index (χ3v) is 7.79. The van der Waals surface area contributed by atoms with Crippen LogP contribution in [0.15, 0.2) is 120 Å². The Morgan fingerprint density at radius 2 is 1.43 bits per heavy atom. The van der Waals surface area contributed by atoms with E-state index in [0.717, 1.165) is 17.3 Å². The molecular weight excluding hydrogens is 566 g/mol.